The number of hydrogen-bond acceptors (Lipinski definition) is 5. The zero-order valence-corrected chi connectivity index (χ0v) is 15.7. The van der Waals surface area contributed by atoms with Crippen molar-refractivity contribution in [3.05, 3.63) is 30.2 Å². The molecule has 1 aliphatic rings. The number of sulfonamides is 1. The quantitative estimate of drug-likeness (QED) is 0.443. The molecule has 1 saturated carbocycles. The van der Waals surface area contributed by atoms with Crippen molar-refractivity contribution in [2.45, 2.75) is 25.8 Å². The zero-order chi connectivity index (χ0) is 18.4. The van der Waals surface area contributed by atoms with Crippen molar-refractivity contribution in [3.63, 3.8) is 0 Å². The van der Waals surface area contributed by atoms with Crippen molar-refractivity contribution in [2.24, 2.45) is 10.9 Å². The Balaban J connectivity index is 1.43. The highest BCUT2D eigenvalue weighted by atomic mass is 32.2. The van der Waals surface area contributed by atoms with Gasteiger partial charge >= 0.3 is 0 Å². The SMILES string of the molecule is CN=C(NCCS(=O)(=O)NCC1CCC1)NCc1nnc2ccccn12. The van der Waals surface area contributed by atoms with Crippen LogP contribution in [-0.4, -0.2) is 54.9 Å². The first-order valence-corrected chi connectivity index (χ1v) is 10.4. The standard InChI is InChI=1S/C16H25N7O2S/c1-17-16(18-8-10-26(24,25)20-11-13-5-4-6-13)19-12-15-22-21-14-7-2-3-9-23(14)15/h2-3,7,9,13,20H,4-6,8,10-12H2,1H3,(H2,17,18,19). The molecule has 0 saturated heterocycles. The number of fused-ring (bicyclic) bond motifs is 1. The van der Waals surface area contributed by atoms with Gasteiger partial charge in [0, 0.05) is 26.3 Å². The molecule has 2 heterocycles. The Kier molecular flexibility index (Phi) is 6.04. The van der Waals surface area contributed by atoms with Crippen LogP contribution < -0.4 is 15.4 Å². The summed E-state index contributed by atoms with van der Waals surface area (Å²) >= 11 is 0. The van der Waals surface area contributed by atoms with E-state index in [1.807, 2.05) is 28.8 Å². The molecule has 0 aromatic carbocycles. The predicted molar refractivity (Wildman–Crippen MR) is 100 cm³/mol. The molecule has 0 amide bonds. The summed E-state index contributed by atoms with van der Waals surface area (Å²) in [5.74, 6) is 1.78. The molecule has 2 aromatic heterocycles. The van der Waals surface area contributed by atoms with Gasteiger partial charge in [-0.2, -0.15) is 0 Å². The van der Waals surface area contributed by atoms with Gasteiger partial charge in [-0.15, -0.1) is 10.2 Å². The predicted octanol–water partition coefficient (Wildman–Crippen LogP) is 0.114. The van der Waals surface area contributed by atoms with E-state index >= 15 is 0 Å². The van der Waals surface area contributed by atoms with Gasteiger partial charge in [0.1, 0.15) is 0 Å². The third-order valence-corrected chi connectivity index (χ3v) is 5.85. The Hall–Kier alpha value is -2.20. The second kappa shape index (κ2) is 8.45. The molecule has 3 rings (SSSR count). The van der Waals surface area contributed by atoms with E-state index in [0.717, 1.165) is 24.3 Å². The fourth-order valence-electron chi connectivity index (χ4n) is 2.71. The fourth-order valence-corrected chi connectivity index (χ4v) is 3.72. The summed E-state index contributed by atoms with van der Waals surface area (Å²) in [6.07, 6.45) is 5.34. The summed E-state index contributed by atoms with van der Waals surface area (Å²) in [5.41, 5.74) is 0.774. The third kappa shape index (κ3) is 4.92. The smallest absolute Gasteiger partial charge is 0.213 e. The molecule has 9 nitrogen and oxygen atoms in total. The van der Waals surface area contributed by atoms with E-state index in [1.54, 1.807) is 7.05 Å². The number of hydrogen-bond donors (Lipinski definition) is 3. The largest absolute Gasteiger partial charge is 0.355 e. The maximum atomic E-state index is 12.0. The molecule has 0 aliphatic heterocycles. The Morgan fingerprint density at radius 1 is 1.31 bits per heavy atom. The Bertz CT molecular complexity index is 858. The van der Waals surface area contributed by atoms with E-state index < -0.39 is 10.0 Å². The summed E-state index contributed by atoms with van der Waals surface area (Å²) in [6, 6.07) is 5.70. The van der Waals surface area contributed by atoms with Gasteiger partial charge in [-0.1, -0.05) is 12.5 Å². The summed E-state index contributed by atoms with van der Waals surface area (Å²) < 4.78 is 28.6. The second-order valence-electron chi connectivity index (χ2n) is 6.36. The van der Waals surface area contributed by atoms with Crippen LogP contribution in [0.4, 0.5) is 0 Å². The van der Waals surface area contributed by atoms with E-state index in [9.17, 15) is 8.42 Å². The molecular formula is C16H25N7O2S. The van der Waals surface area contributed by atoms with Crippen LogP contribution in [0.3, 0.4) is 0 Å². The number of rotatable bonds is 8. The minimum atomic E-state index is -3.27. The molecule has 3 N–H and O–H groups in total. The molecule has 1 fully saturated rings. The maximum absolute atomic E-state index is 12.0. The lowest BCUT2D eigenvalue weighted by atomic mass is 9.86. The number of aromatic nitrogens is 3. The normalized spacial score (nSPS) is 15.8. The molecule has 1 aliphatic carbocycles. The Morgan fingerprint density at radius 3 is 2.88 bits per heavy atom. The molecular weight excluding hydrogens is 354 g/mol. The lowest BCUT2D eigenvalue weighted by Crippen LogP contribution is -2.42. The van der Waals surface area contributed by atoms with Crippen molar-refractivity contribution < 1.29 is 8.42 Å². The summed E-state index contributed by atoms with van der Waals surface area (Å²) in [6.45, 7) is 1.26. The summed E-state index contributed by atoms with van der Waals surface area (Å²) in [4.78, 5) is 4.11. The highest BCUT2D eigenvalue weighted by Crippen LogP contribution is 2.25. The molecule has 0 radical (unpaired) electrons. The third-order valence-electron chi connectivity index (χ3n) is 4.50. The van der Waals surface area contributed by atoms with Gasteiger partial charge in [0.15, 0.2) is 17.4 Å². The van der Waals surface area contributed by atoms with E-state index in [-0.39, 0.29) is 12.3 Å². The van der Waals surface area contributed by atoms with E-state index in [1.165, 1.54) is 6.42 Å². The lowest BCUT2D eigenvalue weighted by Gasteiger charge is -2.25. The van der Waals surface area contributed by atoms with Crippen LogP contribution in [0.25, 0.3) is 5.65 Å². The Labute approximate surface area is 153 Å². The first-order chi connectivity index (χ1) is 12.6. The van der Waals surface area contributed by atoms with Gasteiger partial charge in [0.2, 0.25) is 10.0 Å². The van der Waals surface area contributed by atoms with Gasteiger partial charge in [-0.3, -0.25) is 9.39 Å². The van der Waals surface area contributed by atoms with Gasteiger partial charge in [0.25, 0.3) is 0 Å². The van der Waals surface area contributed by atoms with Gasteiger partial charge in [0.05, 0.1) is 12.3 Å². The van der Waals surface area contributed by atoms with E-state index in [4.69, 9.17) is 0 Å². The molecule has 26 heavy (non-hydrogen) atoms. The van der Waals surface area contributed by atoms with Crippen LogP contribution in [0.2, 0.25) is 0 Å². The summed E-state index contributed by atoms with van der Waals surface area (Å²) in [7, 11) is -1.63. The monoisotopic (exact) mass is 379 g/mol. The Morgan fingerprint density at radius 2 is 2.15 bits per heavy atom. The molecule has 0 unspecified atom stereocenters. The maximum Gasteiger partial charge on any atom is 0.213 e. The topological polar surface area (TPSA) is 113 Å². The summed E-state index contributed by atoms with van der Waals surface area (Å²) in [5, 5.41) is 14.4. The average molecular weight is 379 g/mol. The first-order valence-electron chi connectivity index (χ1n) is 8.78. The minimum Gasteiger partial charge on any atom is -0.355 e. The molecule has 10 heteroatoms. The van der Waals surface area contributed by atoms with Crippen molar-refractivity contribution in [2.75, 3.05) is 25.9 Å². The van der Waals surface area contributed by atoms with Crippen molar-refractivity contribution in [1.29, 1.82) is 0 Å². The molecule has 0 bridgehead atoms. The minimum absolute atomic E-state index is 0.00822. The van der Waals surface area contributed by atoms with Crippen LogP contribution in [0, 0.1) is 5.92 Å². The van der Waals surface area contributed by atoms with Crippen LogP contribution in [-0.2, 0) is 16.6 Å². The lowest BCUT2D eigenvalue weighted by molar-refractivity contribution is 0.316. The fraction of sp³-hybridized carbons (Fsp3) is 0.562. The molecule has 0 atom stereocenters. The molecule has 2 aromatic rings. The van der Waals surface area contributed by atoms with E-state index in [2.05, 4.69) is 30.5 Å². The molecule has 142 valence electrons. The van der Waals surface area contributed by atoms with Crippen LogP contribution >= 0.6 is 0 Å². The number of guanidine groups is 1. The van der Waals surface area contributed by atoms with Crippen molar-refractivity contribution in [1.82, 2.24) is 30.0 Å². The molecule has 0 spiro atoms. The average Bonchev–Trinajstić information content (AvgIpc) is 2.99. The van der Waals surface area contributed by atoms with Crippen LogP contribution in [0.1, 0.15) is 25.1 Å². The van der Waals surface area contributed by atoms with Crippen LogP contribution in [0.15, 0.2) is 29.4 Å². The highest BCUT2D eigenvalue weighted by molar-refractivity contribution is 7.89. The van der Waals surface area contributed by atoms with Crippen LogP contribution in [0.5, 0.6) is 0 Å². The first kappa shape index (κ1) is 18.6. The van der Waals surface area contributed by atoms with Gasteiger partial charge in [-0.05, 0) is 30.9 Å². The van der Waals surface area contributed by atoms with Gasteiger partial charge < -0.3 is 10.6 Å². The van der Waals surface area contributed by atoms with Crippen molar-refractivity contribution >= 4 is 21.6 Å². The number of pyridine rings is 1. The second-order valence-corrected chi connectivity index (χ2v) is 8.29. The van der Waals surface area contributed by atoms with Gasteiger partial charge in [-0.25, -0.2) is 13.1 Å². The number of nitrogens with one attached hydrogen (secondary N) is 3. The zero-order valence-electron chi connectivity index (χ0n) is 14.9. The number of aliphatic imine (C=N–C) groups is 1. The highest BCUT2D eigenvalue weighted by Gasteiger charge is 2.20. The number of nitrogens with zero attached hydrogens (tertiary/aromatic N) is 4. The van der Waals surface area contributed by atoms with Crippen molar-refractivity contribution in [3.8, 4) is 0 Å². The van der Waals surface area contributed by atoms with E-state index in [0.29, 0.717) is 25.0 Å².